The first-order chi connectivity index (χ1) is 13.6. The molecule has 2 atom stereocenters. The monoisotopic (exact) mass is 377 g/mol. The first kappa shape index (κ1) is 19.6. The highest BCUT2D eigenvalue weighted by atomic mass is 16.5. The molecule has 2 aromatic rings. The van der Waals surface area contributed by atoms with Gasteiger partial charge in [0.1, 0.15) is 0 Å². The highest BCUT2D eigenvalue weighted by Gasteiger charge is 2.34. The van der Waals surface area contributed by atoms with Crippen LogP contribution in [0.1, 0.15) is 29.2 Å². The van der Waals surface area contributed by atoms with E-state index < -0.39 is 23.7 Å². The summed E-state index contributed by atoms with van der Waals surface area (Å²) < 4.78 is 5.25. The lowest BCUT2D eigenvalue weighted by atomic mass is 9.81. The van der Waals surface area contributed by atoms with Gasteiger partial charge in [-0.3, -0.25) is 9.59 Å². The first-order valence-electron chi connectivity index (χ1n) is 9.52. The second-order valence-corrected chi connectivity index (χ2v) is 7.03. The minimum atomic E-state index is -0.775. The molecule has 144 valence electrons. The van der Waals surface area contributed by atoms with E-state index in [1.807, 2.05) is 36.4 Å². The Hall–Kier alpha value is -3.11. The van der Waals surface area contributed by atoms with E-state index in [2.05, 4.69) is 22.2 Å². The lowest BCUT2D eigenvalue weighted by molar-refractivity contribution is -0.152. The molecule has 0 fully saturated rings. The van der Waals surface area contributed by atoms with E-state index in [1.54, 1.807) is 6.92 Å². The summed E-state index contributed by atoms with van der Waals surface area (Å²) in [6, 6.07) is 16.1. The largest absolute Gasteiger partial charge is 0.466 e. The van der Waals surface area contributed by atoms with Gasteiger partial charge in [0.25, 0.3) is 0 Å². The Kier molecular flexibility index (Phi) is 6.45. The molecule has 2 aromatic carbocycles. The normalized spacial score (nSPS) is 18.8. The van der Waals surface area contributed by atoms with Crippen molar-refractivity contribution in [3.8, 4) is 0 Å². The highest BCUT2D eigenvalue weighted by Crippen LogP contribution is 2.26. The van der Waals surface area contributed by atoms with Crippen molar-refractivity contribution >= 4 is 11.9 Å². The zero-order chi connectivity index (χ0) is 19.9. The number of ether oxygens (including phenoxy) is 1. The second-order valence-electron chi connectivity index (χ2n) is 7.03. The molecule has 6 nitrogen and oxygen atoms in total. The van der Waals surface area contributed by atoms with Crippen LogP contribution in [0.2, 0.25) is 0 Å². The van der Waals surface area contributed by atoms with Crippen molar-refractivity contribution in [3.05, 3.63) is 81.2 Å². The fraction of sp³-hybridized carbons (Fsp3) is 0.364. The van der Waals surface area contributed by atoms with Gasteiger partial charge < -0.3 is 4.74 Å². The molecule has 0 saturated carbocycles. The van der Waals surface area contributed by atoms with Crippen LogP contribution in [0.3, 0.4) is 0 Å². The standard InChI is InChI=1S/C22H23N3O3/c1-2-28-22(27)20-14-18-11-7-16(8-12-18)4-3-15-5-9-17(10-6-15)13-19(20)21(26)24-25-23/h5-12,19-20H,2-4,13-14H2,1H3. The molecule has 0 heterocycles. The van der Waals surface area contributed by atoms with Crippen molar-refractivity contribution < 1.29 is 14.3 Å². The van der Waals surface area contributed by atoms with Crippen LogP contribution in [0.25, 0.3) is 10.4 Å². The fourth-order valence-corrected chi connectivity index (χ4v) is 3.64. The van der Waals surface area contributed by atoms with E-state index in [-0.39, 0.29) is 6.61 Å². The molecule has 4 aliphatic rings. The van der Waals surface area contributed by atoms with E-state index in [1.165, 1.54) is 11.1 Å². The van der Waals surface area contributed by atoms with E-state index in [0.717, 1.165) is 24.0 Å². The molecular weight excluding hydrogens is 354 g/mol. The summed E-state index contributed by atoms with van der Waals surface area (Å²) in [7, 11) is 0. The van der Waals surface area contributed by atoms with Crippen molar-refractivity contribution in [3.63, 3.8) is 0 Å². The summed E-state index contributed by atoms with van der Waals surface area (Å²) in [6.45, 7) is 1.96. The number of carbonyl (C=O) groups excluding carboxylic acids is 2. The molecule has 0 saturated heterocycles. The first-order valence-corrected chi connectivity index (χ1v) is 9.52. The van der Waals surface area contributed by atoms with Gasteiger partial charge in [0, 0.05) is 10.8 Å². The number of carbonyl (C=O) groups is 2. The third kappa shape index (κ3) is 4.78. The molecule has 4 bridgehead atoms. The maximum absolute atomic E-state index is 12.7. The van der Waals surface area contributed by atoms with Gasteiger partial charge in [-0.05, 0) is 65.5 Å². The number of esters is 1. The predicted molar refractivity (Wildman–Crippen MR) is 105 cm³/mol. The van der Waals surface area contributed by atoms with E-state index in [9.17, 15) is 9.59 Å². The smallest absolute Gasteiger partial charge is 0.310 e. The number of hydrogen-bond donors (Lipinski definition) is 0. The summed E-state index contributed by atoms with van der Waals surface area (Å²) in [4.78, 5) is 28.0. The van der Waals surface area contributed by atoms with Crippen LogP contribution >= 0.6 is 0 Å². The molecule has 1 amide bonds. The maximum atomic E-state index is 12.7. The van der Waals surface area contributed by atoms with Gasteiger partial charge in [-0.2, -0.15) is 0 Å². The molecule has 2 unspecified atom stereocenters. The van der Waals surface area contributed by atoms with Gasteiger partial charge in [-0.15, -0.1) is 0 Å². The summed E-state index contributed by atoms with van der Waals surface area (Å²) in [6.07, 6.45) is 2.55. The predicted octanol–water partition coefficient (Wildman–Crippen LogP) is 4.20. The molecule has 0 radical (unpaired) electrons. The van der Waals surface area contributed by atoms with Gasteiger partial charge in [-0.25, -0.2) is 0 Å². The van der Waals surface area contributed by atoms with E-state index in [0.29, 0.717) is 12.8 Å². The van der Waals surface area contributed by atoms with Crippen LogP contribution in [0.4, 0.5) is 0 Å². The van der Waals surface area contributed by atoms with Gasteiger partial charge in [-0.1, -0.05) is 48.5 Å². The van der Waals surface area contributed by atoms with Crippen LogP contribution in [0, 0.1) is 11.8 Å². The van der Waals surface area contributed by atoms with Crippen molar-refractivity contribution in [2.45, 2.75) is 32.6 Å². The molecule has 6 heteroatoms. The minimum Gasteiger partial charge on any atom is -0.466 e. The van der Waals surface area contributed by atoms with Crippen molar-refractivity contribution in [2.75, 3.05) is 6.61 Å². The molecule has 6 rings (SSSR count). The second kappa shape index (κ2) is 9.20. The number of aryl methyl sites for hydroxylation is 2. The Morgan fingerprint density at radius 1 is 0.929 bits per heavy atom. The number of hydrogen-bond acceptors (Lipinski definition) is 3. The van der Waals surface area contributed by atoms with Crippen molar-refractivity contribution in [2.24, 2.45) is 17.0 Å². The molecule has 28 heavy (non-hydrogen) atoms. The number of azide groups is 1. The Balaban J connectivity index is 2.06. The third-order valence-corrected chi connectivity index (χ3v) is 5.20. The van der Waals surface area contributed by atoms with Crippen LogP contribution in [0.15, 0.2) is 53.6 Å². The quantitative estimate of drug-likeness (QED) is 0.347. The van der Waals surface area contributed by atoms with E-state index in [4.69, 9.17) is 10.3 Å². The molecule has 0 aliphatic heterocycles. The molecule has 0 aromatic heterocycles. The van der Waals surface area contributed by atoms with Crippen LogP contribution in [-0.4, -0.2) is 18.5 Å². The third-order valence-electron chi connectivity index (χ3n) is 5.20. The zero-order valence-corrected chi connectivity index (χ0v) is 15.9. The van der Waals surface area contributed by atoms with E-state index >= 15 is 0 Å². The topological polar surface area (TPSA) is 92.1 Å². The molecule has 4 aliphatic carbocycles. The van der Waals surface area contributed by atoms with Gasteiger partial charge in [0.05, 0.1) is 12.5 Å². The van der Waals surface area contributed by atoms with Crippen molar-refractivity contribution in [1.29, 1.82) is 0 Å². The van der Waals surface area contributed by atoms with Crippen LogP contribution in [-0.2, 0) is 40.0 Å². The molecular formula is C22H23N3O3. The lowest BCUT2D eigenvalue weighted by Crippen LogP contribution is -2.34. The Morgan fingerprint density at radius 2 is 1.39 bits per heavy atom. The van der Waals surface area contributed by atoms with Gasteiger partial charge in [0.15, 0.2) is 0 Å². The van der Waals surface area contributed by atoms with Crippen LogP contribution < -0.4 is 0 Å². The maximum Gasteiger partial charge on any atom is 0.310 e. The molecule has 0 N–H and O–H groups in total. The summed E-state index contributed by atoms with van der Waals surface area (Å²) in [5.41, 5.74) is 13.1. The van der Waals surface area contributed by atoms with Gasteiger partial charge >= 0.3 is 5.97 Å². The minimum absolute atomic E-state index is 0.228. The summed E-state index contributed by atoms with van der Waals surface area (Å²) in [5, 5.41) is 3.30. The van der Waals surface area contributed by atoms with Crippen molar-refractivity contribution in [1.82, 2.24) is 0 Å². The SMILES string of the molecule is CCOC(=O)C1Cc2ccc(cc2)CCc2ccc(cc2)CC1C(=O)N=[N+]=[N-]. The number of nitrogens with zero attached hydrogens (tertiary/aromatic N) is 3. The number of benzene rings is 2. The summed E-state index contributed by atoms with van der Waals surface area (Å²) >= 11 is 0. The number of rotatable bonds is 3. The average Bonchev–Trinajstić information content (AvgIpc) is 2.71. The fourth-order valence-electron chi connectivity index (χ4n) is 3.64. The lowest BCUT2D eigenvalue weighted by Gasteiger charge is -2.24. The summed E-state index contributed by atoms with van der Waals surface area (Å²) in [5.74, 6) is -2.56. The number of amides is 1. The Bertz CT molecular complexity index is 884. The van der Waals surface area contributed by atoms with Crippen LogP contribution in [0.5, 0.6) is 0 Å². The Morgan fingerprint density at radius 3 is 1.86 bits per heavy atom. The average molecular weight is 377 g/mol. The highest BCUT2D eigenvalue weighted by molar-refractivity contribution is 5.86. The Labute approximate surface area is 164 Å². The van der Waals surface area contributed by atoms with Gasteiger partial charge in [0.2, 0.25) is 5.91 Å². The molecule has 0 spiro atoms. The zero-order valence-electron chi connectivity index (χ0n) is 15.9.